The molecule has 1 aliphatic carbocycles. The van der Waals surface area contributed by atoms with E-state index in [-0.39, 0.29) is 16.1 Å². The Labute approximate surface area is 144 Å². The van der Waals surface area contributed by atoms with Crippen molar-refractivity contribution < 1.29 is 13.2 Å². The molecule has 0 bridgehead atoms. The van der Waals surface area contributed by atoms with E-state index in [1.165, 1.54) is 36.0 Å². The van der Waals surface area contributed by atoms with Gasteiger partial charge in [0.05, 0.1) is 10.1 Å². The first-order chi connectivity index (χ1) is 11.3. The molecule has 1 saturated carbocycles. The number of nitrogens with two attached hydrogens (primary N) is 1. The van der Waals surface area contributed by atoms with Crippen molar-refractivity contribution in [1.82, 2.24) is 9.55 Å². The van der Waals surface area contributed by atoms with Crippen LogP contribution in [0.5, 0.6) is 0 Å². The summed E-state index contributed by atoms with van der Waals surface area (Å²) >= 11 is 1.40. The number of carbonyl (C=O) groups excluding carboxylic acids is 1. The van der Waals surface area contributed by atoms with Gasteiger partial charge in [-0.1, -0.05) is 11.8 Å². The summed E-state index contributed by atoms with van der Waals surface area (Å²) < 4.78 is 24.6. The van der Waals surface area contributed by atoms with Gasteiger partial charge >= 0.3 is 0 Å². The van der Waals surface area contributed by atoms with Crippen molar-refractivity contribution in [2.45, 2.75) is 41.1 Å². The Hall–Kier alpha value is -1.84. The highest BCUT2D eigenvalue weighted by molar-refractivity contribution is 8.00. The third kappa shape index (κ3) is 3.97. The predicted octanol–water partition coefficient (Wildman–Crippen LogP) is 1.98. The van der Waals surface area contributed by atoms with E-state index in [0.29, 0.717) is 11.7 Å². The Morgan fingerprint density at radius 1 is 1.38 bits per heavy atom. The summed E-state index contributed by atoms with van der Waals surface area (Å²) in [6.45, 7) is 1.81. The molecule has 7 nitrogen and oxygen atoms in total. The summed E-state index contributed by atoms with van der Waals surface area (Å²) in [7, 11) is -3.73. The fourth-order valence-electron chi connectivity index (χ4n) is 2.20. The van der Waals surface area contributed by atoms with Crippen LogP contribution in [0.25, 0.3) is 0 Å². The van der Waals surface area contributed by atoms with E-state index in [9.17, 15) is 13.2 Å². The Balaban J connectivity index is 1.62. The lowest BCUT2D eigenvalue weighted by atomic mass is 10.3. The van der Waals surface area contributed by atoms with Gasteiger partial charge < -0.3 is 9.88 Å². The van der Waals surface area contributed by atoms with Gasteiger partial charge in [-0.25, -0.2) is 18.5 Å². The van der Waals surface area contributed by atoms with Gasteiger partial charge in [-0.3, -0.25) is 4.79 Å². The molecule has 1 aliphatic rings. The van der Waals surface area contributed by atoms with E-state index in [2.05, 4.69) is 14.9 Å². The number of nitrogens with zero attached hydrogens (tertiary/aromatic N) is 2. The van der Waals surface area contributed by atoms with Gasteiger partial charge in [-0.2, -0.15) is 0 Å². The molecular formula is C15H18N4O3S2. The molecule has 1 heterocycles. The maximum absolute atomic E-state index is 12.3. The molecule has 2 aromatic rings. The Kier molecular flexibility index (Phi) is 4.66. The minimum absolute atomic E-state index is 0.00869. The summed E-state index contributed by atoms with van der Waals surface area (Å²) in [5.74, 6) is -0.172. The molecule has 0 saturated heterocycles. The molecule has 0 radical (unpaired) electrons. The minimum Gasteiger partial charge on any atom is -0.325 e. The number of carbonyl (C=O) groups is 1. The highest BCUT2D eigenvalue weighted by Crippen LogP contribution is 2.38. The number of amides is 1. The molecule has 1 atom stereocenters. The van der Waals surface area contributed by atoms with E-state index < -0.39 is 10.0 Å². The topological polar surface area (TPSA) is 107 Å². The molecule has 0 unspecified atom stereocenters. The number of hydrogen-bond donors (Lipinski definition) is 2. The standard InChI is InChI=1S/C15H18N4O3S2/c1-10(23-15-17-8-9-19(15)12-4-5-12)14(20)18-11-2-6-13(7-3-11)24(16,21)22/h2-3,6-10,12H,4-5H2,1H3,(H,18,20)(H2,16,21,22)/t10-/m1/s1. The van der Waals surface area contributed by atoms with Gasteiger partial charge in [0.1, 0.15) is 0 Å². The van der Waals surface area contributed by atoms with Crippen LogP contribution in [0.3, 0.4) is 0 Å². The average molecular weight is 366 g/mol. The first-order valence-corrected chi connectivity index (χ1v) is 9.90. The highest BCUT2D eigenvalue weighted by atomic mass is 32.2. The van der Waals surface area contributed by atoms with Crippen LogP contribution in [0, 0.1) is 0 Å². The number of aromatic nitrogens is 2. The van der Waals surface area contributed by atoms with Crippen LogP contribution in [0.15, 0.2) is 46.7 Å². The van der Waals surface area contributed by atoms with E-state index in [1.807, 2.05) is 13.1 Å². The summed E-state index contributed by atoms with van der Waals surface area (Å²) in [5, 5.41) is 8.32. The fraction of sp³-hybridized carbons (Fsp3) is 0.333. The van der Waals surface area contributed by atoms with Crippen LogP contribution >= 0.6 is 11.8 Å². The van der Waals surface area contributed by atoms with E-state index >= 15 is 0 Å². The van der Waals surface area contributed by atoms with Crippen molar-refractivity contribution >= 4 is 33.4 Å². The smallest absolute Gasteiger partial charge is 0.238 e. The number of anilines is 1. The van der Waals surface area contributed by atoms with Crippen LogP contribution in [-0.2, 0) is 14.8 Å². The zero-order valence-corrected chi connectivity index (χ0v) is 14.7. The predicted molar refractivity (Wildman–Crippen MR) is 92.3 cm³/mol. The monoisotopic (exact) mass is 366 g/mol. The fourth-order valence-corrected chi connectivity index (χ4v) is 3.66. The summed E-state index contributed by atoms with van der Waals surface area (Å²) in [4.78, 5) is 16.6. The van der Waals surface area contributed by atoms with Crippen molar-refractivity contribution in [1.29, 1.82) is 0 Å². The van der Waals surface area contributed by atoms with Gasteiger partial charge in [0.15, 0.2) is 5.16 Å². The normalized spacial score (nSPS) is 15.9. The van der Waals surface area contributed by atoms with E-state index in [0.717, 1.165) is 18.0 Å². The molecule has 1 aromatic heterocycles. The maximum Gasteiger partial charge on any atom is 0.238 e. The van der Waals surface area contributed by atoms with Gasteiger partial charge in [-0.05, 0) is 44.0 Å². The summed E-state index contributed by atoms with van der Waals surface area (Å²) in [6, 6.07) is 6.27. The number of thioether (sulfide) groups is 1. The van der Waals surface area contributed by atoms with Crippen LogP contribution in [0.4, 0.5) is 5.69 Å². The minimum atomic E-state index is -3.73. The van der Waals surface area contributed by atoms with Crippen LogP contribution in [0.1, 0.15) is 25.8 Å². The molecule has 1 fully saturated rings. The molecule has 128 valence electrons. The maximum atomic E-state index is 12.3. The van der Waals surface area contributed by atoms with Crippen molar-refractivity contribution in [3.8, 4) is 0 Å². The number of rotatable bonds is 6. The molecular weight excluding hydrogens is 348 g/mol. The summed E-state index contributed by atoms with van der Waals surface area (Å²) in [6.07, 6.45) is 6.00. The molecule has 24 heavy (non-hydrogen) atoms. The lowest BCUT2D eigenvalue weighted by molar-refractivity contribution is -0.115. The lowest BCUT2D eigenvalue weighted by Crippen LogP contribution is -2.23. The molecule has 9 heteroatoms. The second kappa shape index (κ2) is 6.58. The van der Waals surface area contributed by atoms with Crippen LogP contribution in [0.2, 0.25) is 0 Å². The second-order valence-corrected chi connectivity index (χ2v) is 8.54. The van der Waals surface area contributed by atoms with Crippen LogP contribution in [-0.4, -0.2) is 29.1 Å². The molecule has 1 amide bonds. The quantitative estimate of drug-likeness (QED) is 0.760. The third-order valence-electron chi connectivity index (χ3n) is 3.68. The first-order valence-electron chi connectivity index (χ1n) is 7.48. The average Bonchev–Trinajstić information content (AvgIpc) is 3.27. The Morgan fingerprint density at radius 2 is 2.04 bits per heavy atom. The van der Waals surface area contributed by atoms with Gasteiger partial charge in [0.2, 0.25) is 15.9 Å². The van der Waals surface area contributed by atoms with Crippen molar-refractivity contribution in [3.05, 3.63) is 36.7 Å². The molecule has 1 aromatic carbocycles. The molecule has 0 aliphatic heterocycles. The van der Waals surface area contributed by atoms with Gasteiger partial charge in [0.25, 0.3) is 0 Å². The first kappa shape index (κ1) is 17.0. The number of sulfonamides is 1. The van der Waals surface area contributed by atoms with Crippen molar-refractivity contribution in [3.63, 3.8) is 0 Å². The number of primary sulfonamides is 1. The Bertz CT molecular complexity index is 842. The van der Waals surface area contributed by atoms with E-state index in [1.54, 1.807) is 6.20 Å². The second-order valence-electron chi connectivity index (χ2n) is 5.67. The molecule has 3 N–H and O–H groups in total. The zero-order valence-electron chi connectivity index (χ0n) is 13.0. The molecule has 0 spiro atoms. The number of imidazole rings is 1. The zero-order chi connectivity index (χ0) is 17.3. The molecule has 3 rings (SSSR count). The highest BCUT2D eigenvalue weighted by Gasteiger charge is 2.27. The van der Waals surface area contributed by atoms with Crippen LogP contribution < -0.4 is 10.5 Å². The number of benzene rings is 1. The number of nitrogens with one attached hydrogen (secondary N) is 1. The number of hydrogen-bond acceptors (Lipinski definition) is 5. The van der Waals surface area contributed by atoms with Crippen molar-refractivity contribution in [2.75, 3.05) is 5.32 Å². The largest absolute Gasteiger partial charge is 0.325 e. The SMILES string of the molecule is C[C@@H](Sc1nccn1C1CC1)C(=O)Nc1ccc(S(N)(=O)=O)cc1. The van der Waals surface area contributed by atoms with Gasteiger partial charge in [0, 0.05) is 24.1 Å². The van der Waals surface area contributed by atoms with Gasteiger partial charge in [-0.15, -0.1) is 0 Å². The third-order valence-corrected chi connectivity index (χ3v) is 5.70. The van der Waals surface area contributed by atoms with Crippen molar-refractivity contribution in [2.24, 2.45) is 5.14 Å². The lowest BCUT2D eigenvalue weighted by Gasteiger charge is -2.13. The Morgan fingerprint density at radius 3 is 2.62 bits per heavy atom. The van der Waals surface area contributed by atoms with E-state index in [4.69, 9.17) is 5.14 Å². The summed E-state index contributed by atoms with van der Waals surface area (Å²) in [5.41, 5.74) is 0.519.